The Labute approximate surface area is 143 Å². The summed E-state index contributed by atoms with van der Waals surface area (Å²) in [6, 6.07) is 18.1. The van der Waals surface area contributed by atoms with Crippen molar-refractivity contribution in [2.45, 2.75) is 20.8 Å². The molecule has 3 nitrogen and oxygen atoms in total. The van der Waals surface area contributed by atoms with Crippen LogP contribution in [0.2, 0.25) is 0 Å². The predicted molar refractivity (Wildman–Crippen MR) is 98.3 cm³/mol. The number of esters is 1. The summed E-state index contributed by atoms with van der Waals surface area (Å²) in [5, 5.41) is 1.27. The Bertz CT molecular complexity index is 769. The molecule has 0 aromatic heterocycles. The molecule has 0 saturated carbocycles. The van der Waals surface area contributed by atoms with Crippen LogP contribution in [-0.4, -0.2) is 12.6 Å². The first-order valence-corrected chi connectivity index (χ1v) is 9.54. The van der Waals surface area contributed by atoms with Crippen molar-refractivity contribution < 1.29 is 14.1 Å². The van der Waals surface area contributed by atoms with E-state index in [9.17, 15) is 9.36 Å². The molecule has 4 heteroatoms. The van der Waals surface area contributed by atoms with Crippen LogP contribution in [0.5, 0.6) is 0 Å². The second-order valence-corrected chi connectivity index (χ2v) is 8.17. The van der Waals surface area contributed by atoms with E-state index in [1.54, 1.807) is 31.2 Å². The summed E-state index contributed by atoms with van der Waals surface area (Å²) in [6.45, 7) is 5.59. The highest BCUT2D eigenvalue weighted by Gasteiger charge is 2.37. The van der Waals surface area contributed by atoms with Crippen molar-refractivity contribution in [1.29, 1.82) is 0 Å². The quantitative estimate of drug-likeness (QED) is 0.357. The average molecular weight is 340 g/mol. The van der Waals surface area contributed by atoms with E-state index in [0.29, 0.717) is 10.6 Å². The highest BCUT2D eigenvalue weighted by Crippen LogP contribution is 2.51. The number of carbonyl (C=O) groups is 1. The molecule has 0 aliphatic rings. The number of hydrogen-bond acceptors (Lipinski definition) is 3. The number of rotatable bonds is 5. The lowest BCUT2D eigenvalue weighted by atomic mass is 10.3. The summed E-state index contributed by atoms with van der Waals surface area (Å²) in [6.07, 6.45) is 0. The second kappa shape index (κ2) is 7.97. The molecule has 0 aliphatic heterocycles. The third kappa shape index (κ3) is 3.76. The Morgan fingerprint density at radius 2 is 1.42 bits per heavy atom. The molecule has 0 bridgehead atoms. The van der Waals surface area contributed by atoms with E-state index in [1.807, 2.05) is 50.2 Å². The van der Waals surface area contributed by atoms with E-state index in [0.717, 1.165) is 5.57 Å². The Morgan fingerprint density at radius 3 is 1.79 bits per heavy atom. The van der Waals surface area contributed by atoms with Crippen LogP contribution in [0.3, 0.4) is 0 Å². The highest BCUT2D eigenvalue weighted by atomic mass is 31.2. The van der Waals surface area contributed by atoms with E-state index in [1.165, 1.54) is 0 Å². The summed E-state index contributed by atoms with van der Waals surface area (Å²) in [5.41, 5.74) is 3.77. The van der Waals surface area contributed by atoms with Gasteiger partial charge in [-0.1, -0.05) is 60.7 Å². The minimum Gasteiger partial charge on any atom is -0.462 e. The predicted octanol–water partition coefficient (Wildman–Crippen LogP) is 4.01. The minimum absolute atomic E-state index is 0.0850. The number of ether oxygens (including phenoxy) is 1. The van der Waals surface area contributed by atoms with Crippen molar-refractivity contribution in [3.05, 3.63) is 77.3 Å². The number of carbonyl (C=O) groups excluding carboxylic acids is 1. The van der Waals surface area contributed by atoms with Crippen LogP contribution < -0.4 is 10.6 Å². The maximum atomic E-state index is 14.2. The molecule has 124 valence electrons. The standard InChI is InChI=1S/C20H21O3P/c1-4-23-20(21)19(15-16(2)3)24(22,17-11-7-5-8-12-17)18-13-9-6-10-14-18/h5-14H,4H2,1-3H3. The smallest absolute Gasteiger partial charge is 0.350 e. The van der Waals surface area contributed by atoms with Gasteiger partial charge in [-0.05, 0) is 26.3 Å². The van der Waals surface area contributed by atoms with Gasteiger partial charge in [-0.15, -0.1) is 5.73 Å². The van der Waals surface area contributed by atoms with Crippen LogP contribution in [0, 0.1) is 0 Å². The summed E-state index contributed by atoms with van der Waals surface area (Å²) in [4.78, 5) is 12.6. The van der Waals surface area contributed by atoms with Gasteiger partial charge in [0.1, 0.15) is 5.31 Å². The van der Waals surface area contributed by atoms with Gasteiger partial charge in [-0.25, -0.2) is 4.79 Å². The van der Waals surface area contributed by atoms with Gasteiger partial charge in [0.05, 0.1) is 6.61 Å². The van der Waals surface area contributed by atoms with Crippen LogP contribution >= 0.6 is 7.14 Å². The third-order valence-corrected chi connectivity index (χ3v) is 6.37. The van der Waals surface area contributed by atoms with Crippen LogP contribution in [0.4, 0.5) is 0 Å². The Morgan fingerprint density at radius 1 is 0.958 bits per heavy atom. The molecule has 0 radical (unpaired) electrons. The van der Waals surface area contributed by atoms with Crippen LogP contribution in [0.25, 0.3) is 0 Å². The molecule has 0 unspecified atom stereocenters. The Kier molecular flexibility index (Phi) is 5.98. The lowest BCUT2D eigenvalue weighted by Gasteiger charge is -2.20. The molecule has 0 heterocycles. The van der Waals surface area contributed by atoms with E-state index in [2.05, 4.69) is 5.73 Å². The summed E-state index contributed by atoms with van der Waals surface area (Å²) in [7, 11) is -3.36. The molecule has 0 spiro atoms. The van der Waals surface area contributed by atoms with Gasteiger partial charge in [0.15, 0.2) is 7.14 Å². The SMILES string of the molecule is CCOC(=O)C(=C=C(C)C)P(=O)(c1ccccc1)c1ccccc1. The fourth-order valence-electron chi connectivity index (χ4n) is 2.38. The fraction of sp³-hybridized carbons (Fsp3) is 0.200. The van der Waals surface area contributed by atoms with E-state index < -0.39 is 13.1 Å². The number of benzene rings is 2. The fourth-order valence-corrected chi connectivity index (χ4v) is 5.08. The largest absolute Gasteiger partial charge is 0.462 e. The zero-order valence-electron chi connectivity index (χ0n) is 14.2. The van der Waals surface area contributed by atoms with Crippen molar-refractivity contribution in [1.82, 2.24) is 0 Å². The molecule has 0 amide bonds. The second-order valence-electron chi connectivity index (χ2n) is 5.47. The maximum absolute atomic E-state index is 14.2. The van der Waals surface area contributed by atoms with Crippen molar-refractivity contribution in [3.63, 3.8) is 0 Å². The minimum atomic E-state index is -3.36. The molecular formula is C20H21O3P. The summed E-state index contributed by atoms with van der Waals surface area (Å²) < 4.78 is 19.3. The number of hydrogen-bond donors (Lipinski definition) is 0. The molecule has 2 aromatic rings. The highest BCUT2D eigenvalue weighted by molar-refractivity contribution is 7.83. The van der Waals surface area contributed by atoms with Crippen LogP contribution in [-0.2, 0) is 14.1 Å². The lowest BCUT2D eigenvalue weighted by molar-refractivity contribution is -0.137. The molecule has 0 fully saturated rings. The molecule has 0 atom stereocenters. The maximum Gasteiger partial charge on any atom is 0.350 e. The van der Waals surface area contributed by atoms with Gasteiger partial charge in [-0.2, -0.15) is 0 Å². The summed E-state index contributed by atoms with van der Waals surface area (Å²) >= 11 is 0. The lowest BCUT2D eigenvalue weighted by Crippen LogP contribution is -2.22. The van der Waals surface area contributed by atoms with Crippen molar-refractivity contribution in [2.24, 2.45) is 0 Å². The zero-order chi connectivity index (χ0) is 17.6. The average Bonchev–Trinajstić information content (AvgIpc) is 2.60. The Balaban J connectivity index is 2.82. The van der Waals surface area contributed by atoms with Gasteiger partial charge in [0.2, 0.25) is 0 Å². The van der Waals surface area contributed by atoms with Crippen molar-refractivity contribution >= 4 is 23.7 Å². The third-order valence-electron chi connectivity index (χ3n) is 3.39. The first-order valence-electron chi connectivity index (χ1n) is 7.83. The molecule has 0 saturated heterocycles. The van der Waals surface area contributed by atoms with Gasteiger partial charge in [0.25, 0.3) is 0 Å². The van der Waals surface area contributed by atoms with E-state index >= 15 is 0 Å². The first kappa shape index (κ1) is 18.0. The molecule has 24 heavy (non-hydrogen) atoms. The van der Waals surface area contributed by atoms with Gasteiger partial charge >= 0.3 is 5.97 Å². The monoisotopic (exact) mass is 340 g/mol. The van der Waals surface area contributed by atoms with Crippen molar-refractivity contribution in [3.8, 4) is 0 Å². The van der Waals surface area contributed by atoms with Crippen LogP contribution in [0.15, 0.2) is 77.3 Å². The normalized spacial score (nSPS) is 10.6. The van der Waals surface area contributed by atoms with Gasteiger partial charge in [-0.3, -0.25) is 0 Å². The van der Waals surface area contributed by atoms with Gasteiger partial charge < -0.3 is 9.30 Å². The van der Waals surface area contributed by atoms with Crippen LogP contribution in [0.1, 0.15) is 20.8 Å². The van der Waals surface area contributed by atoms with E-state index in [4.69, 9.17) is 4.74 Å². The van der Waals surface area contributed by atoms with Gasteiger partial charge in [0, 0.05) is 10.6 Å². The molecule has 2 rings (SSSR count). The first-order chi connectivity index (χ1) is 11.5. The molecule has 0 N–H and O–H groups in total. The molecule has 0 aliphatic carbocycles. The Hall–Kier alpha value is -2.34. The molecular weight excluding hydrogens is 319 g/mol. The molecule has 2 aromatic carbocycles. The van der Waals surface area contributed by atoms with Crippen molar-refractivity contribution in [2.75, 3.05) is 6.61 Å². The summed E-state index contributed by atoms with van der Waals surface area (Å²) in [5.74, 6) is -0.588. The zero-order valence-corrected chi connectivity index (χ0v) is 15.0. The topological polar surface area (TPSA) is 43.4 Å². The van der Waals surface area contributed by atoms with E-state index in [-0.39, 0.29) is 11.9 Å².